The van der Waals surface area contributed by atoms with Gasteiger partial charge in [-0.1, -0.05) is 42.5 Å². The molecule has 0 fully saturated rings. The summed E-state index contributed by atoms with van der Waals surface area (Å²) in [6.07, 6.45) is -4.18. The maximum absolute atomic E-state index is 12.5. The van der Waals surface area contributed by atoms with E-state index in [0.29, 0.717) is 5.56 Å². The molecule has 0 aliphatic rings. The summed E-state index contributed by atoms with van der Waals surface area (Å²) >= 11 is 0. The molecule has 2 aromatic rings. The van der Waals surface area contributed by atoms with Crippen LogP contribution < -0.4 is 0 Å². The van der Waals surface area contributed by atoms with Gasteiger partial charge in [0.15, 0.2) is 0 Å². The van der Waals surface area contributed by atoms with E-state index in [9.17, 15) is 23.1 Å². The third-order valence-electron chi connectivity index (χ3n) is 3.22. The molecule has 0 heterocycles. The lowest BCUT2D eigenvalue weighted by molar-refractivity contribution is -0.138. The van der Waals surface area contributed by atoms with Crippen molar-refractivity contribution < 1.29 is 23.1 Å². The number of hydrogen-bond acceptors (Lipinski definition) is 1. The van der Waals surface area contributed by atoms with Crippen molar-refractivity contribution in [3.8, 4) is 0 Å². The molecule has 0 bridgehead atoms. The van der Waals surface area contributed by atoms with Crippen LogP contribution in [0.4, 0.5) is 13.2 Å². The largest absolute Gasteiger partial charge is 0.481 e. The minimum absolute atomic E-state index is 0.238. The Balaban J connectivity index is 2.25. The van der Waals surface area contributed by atoms with Crippen molar-refractivity contribution in [2.24, 2.45) is 0 Å². The number of benzene rings is 2. The van der Waals surface area contributed by atoms with Crippen LogP contribution in [-0.2, 0) is 17.4 Å². The first kappa shape index (κ1) is 15.1. The van der Waals surface area contributed by atoms with Crippen molar-refractivity contribution in [3.63, 3.8) is 0 Å². The summed E-state index contributed by atoms with van der Waals surface area (Å²) in [5.74, 6) is -1.92. The van der Waals surface area contributed by atoms with Gasteiger partial charge in [-0.05, 0) is 29.7 Å². The molecule has 0 saturated carbocycles. The third kappa shape index (κ3) is 3.84. The fraction of sp³-hybridized carbons (Fsp3) is 0.188. The van der Waals surface area contributed by atoms with E-state index in [4.69, 9.17) is 0 Å². The predicted molar refractivity (Wildman–Crippen MR) is 72.0 cm³/mol. The van der Waals surface area contributed by atoms with Crippen LogP contribution in [0.2, 0.25) is 0 Å². The number of rotatable bonds is 4. The van der Waals surface area contributed by atoms with E-state index in [1.165, 1.54) is 12.1 Å². The van der Waals surface area contributed by atoms with Gasteiger partial charge in [0.05, 0.1) is 11.5 Å². The van der Waals surface area contributed by atoms with Gasteiger partial charge in [-0.15, -0.1) is 0 Å². The maximum atomic E-state index is 12.5. The average molecular weight is 294 g/mol. The second-order valence-electron chi connectivity index (χ2n) is 4.70. The average Bonchev–Trinajstić information content (AvgIpc) is 2.45. The summed E-state index contributed by atoms with van der Waals surface area (Å²) < 4.78 is 37.5. The van der Waals surface area contributed by atoms with Crippen LogP contribution in [0.1, 0.15) is 22.6 Å². The van der Waals surface area contributed by atoms with Crippen LogP contribution in [0.25, 0.3) is 0 Å². The second kappa shape index (κ2) is 5.99. The molecule has 0 amide bonds. The van der Waals surface area contributed by atoms with E-state index in [-0.39, 0.29) is 6.42 Å². The first-order valence-corrected chi connectivity index (χ1v) is 6.32. The maximum Gasteiger partial charge on any atom is 0.416 e. The smallest absolute Gasteiger partial charge is 0.416 e. The third-order valence-corrected chi connectivity index (χ3v) is 3.22. The second-order valence-corrected chi connectivity index (χ2v) is 4.70. The number of hydrogen-bond donors (Lipinski definition) is 1. The molecule has 1 N–H and O–H groups in total. The SMILES string of the molecule is O=C(O)[C@H](Cc1ccccc1)c1ccc(C(F)(F)F)cc1. The van der Waals surface area contributed by atoms with Crippen molar-refractivity contribution in [2.75, 3.05) is 0 Å². The number of alkyl halides is 3. The Kier molecular flexibility index (Phi) is 4.31. The Bertz CT molecular complexity index is 604. The van der Waals surface area contributed by atoms with Crippen LogP contribution >= 0.6 is 0 Å². The molecular formula is C16H13F3O2. The summed E-state index contributed by atoms with van der Waals surface area (Å²) in [6.45, 7) is 0. The molecule has 2 nitrogen and oxygen atoms in total. The van der Waals surface area contributed by atoms with Crippen LogP contribution in [0.15, 0.2) is 54.6 Å². The predicted octanol–water partition coefficient (Wildman–Crippen LogP) is 4.12. The fourth-order valence-corrected chi connectivity index (χ4v) is 2.10. The molecule has 110 valence electrons. The lowest BCUT2D eigenvalue weighted by Gasteiger charge is -2.14. The zero-order valence-corrected chi connectivity index (χ0v) is 11.0. The van der Waals surface area contributed by atoms with Gasteiger partial charge in [0.25, 0.3) is 0 Å². The van der Waals surface area contributed by atoms with Crippen molar-refractivity contribution >= 4 is 5.97 Å². The Hall–Kier alpha value is -2.30. The lowest BCUT2D eigenvalue weighted by Crippen LogP contribution is -2.15. The van der Waals surface area contributed by atoms with E-state index in [0.717, 1.165) is 17.7 Å². The van der Waals surface area contributed by atoms with Gasteiger partial charge in [0.1, 0.15) is 0 Å². The topological polar surface area (TPSA) is 37.3 Å². The highest BCUT2D eigenvalue weighted by molar-refractivity contribution is 5.76. The van der Waals surface area contributed by atoms with Crippen LogP contribution in [0.3, 0.4) is 0 Å². The van der Waals surface area contributed by atoms with Crippen molar-refractivity contribution in [2.45, 2.75) is 18.5 Å². The Morgan fingerprint density at radius 1 is 1.00 bits per heavy atom. The summed E-state index contributed by atoms with van der Waals surface area (Å²) in [6, 6.07) is 13.3. The summed E-state index contributed by atoms with van der Waals surface area (Å²) in [7, 11) is 0. The molecular weight excluding hydrogens is 281 g/mol. The van der Waals surface area contributed by atoms with E-state index in [1.807, 2.05) is 6.07 Å². The quantitative estimate of drug-likeness (QED) is 0.921. The highest BCUT2D eigenvalue weighted by atomic mass is 19.4. The highest BCUT2D eigenvalue weighted by Crippen LogP contribution is 2.31. The van der Waals surface area contributed by atoms with Crippen LogP contribution in [-0.4, -0.2) is 11.1 Å². The molecule has 5 heteroatoms. The van der Waals surface area contributed by atoms with E-state index in [1.54, 1.807) is 24.3 Å². The van der Waals surface area contributed by atoms with Gasteiger partial charge >= 0.3 is 12.1 Å². The number of halogens is 3. The van der Waals surface area contributed by atoms with E-state index < -0.39 is 23.6 Å². The standard InChI is InChI=1S/C16H13F3O2/c17-16(18,19)13-8-6-12(7-9-13)14(15(20)21)10-11-4-2-1-3-5-11/h1-9,14H,10H2,(H,20,21)/t14-/m1/s1. The Morgan fingerprint density at radius 3 is 2.05 bits per heavy atom. The van der Waals surface area contributed by atoms with Gasteiger partial charge in [-0.25, -0.2) is 0 Å². The molecule has 0 aromatic heterocycles. The molecule has 1 atom stereocenters. The van der Waals surface area contributed by atoms with Crippen molar-refractivity contribution in [1.29, 1.82) is 0 Å². The summed E-state index contributed by atoms with van der Waals surface area (Å²) in [5.41, 5.74) is 0.402. The van der Waals surface area contributed by atoms with Gasteiger partial charge < -0.3 is 5.11 Å². The van der Waals surface area contributed by atoms with Gasteiger partial charge in [0.2, 0.25) is 0 Å². The molecule has 0 saturated heterocycles. The summed E-state index contributed by atoms with van der Waals surface area (Å²) in [4.78, 5) is 11.4. The fourth-order valence-electron chi connectivity index (χ4n) is 2.10. The van der Waals surface area contributed by atoms with Crippen molar-refractivity contribution in [3.05, 3.63) is 71.3 Å². The van der Waals surface area contributed by atoms with Gasteiger partial charge in [0, 0.05) is 0 Å². The molecule has 2 aromatic carbocycles. The van der Waals surface area contributed by atoms with Crippen LogP contribution in [0, 0.1) is 0 Å². The minimum atomic E-state index is -4.42. The van der Waals surface area contributed by atoms with Crippen LogP contribution in [0.5, 0.6) is 0 Å². The first-order valence-electron chi connectivity index (χ1n) is 6.32. The molecule has 0 aliphatic carbocycles. The molecule has 2 rings (SSSR count). The number of carboxylic acids is 1. The number of carboxylic acid groups (broad SMARTS) is 1. The Labute approximate surface area is 119 Å². The molecule has 21 heavy (non-hydrogen) atoms. The Morgan fingerprint density at radius 2 is 1.57 bits per heavy atom. The van der Waals surface area contributed by atoms with Gasteiger partial charge in [-0.3, -0.25) is 4.79 Å². The summed E-state index contributed by atoms with van der Waals surface area (Å²) in [5, 5.41) is 9.29. The van der Waals surface area contributed by atoms with Crippen molar-refractivity contribution in [1.82, 2.24) is 0 Å². The zero-order valence-electron chi connectivity index (χ0n) is 11.0. The normalized spacial score (nSPS) is 12.9. The molecule has 0 unspecified atom stereocenters. The highest BCUT2D eigenvalue weighted by Gasteiger charge is 2.30. The minimum Gasteiger partial charge on any atom is -0.481 e. The molecule has 0 radical (unpaired) electrons. The number of carbonyl (C=O) groups is 1. The van der Waals surface area contributed by atoms with E-state index >= 15 is 0 Å². The first-order chi connectivity index (χ1) is 9.88. The monoisotopic (exact) mass is 294 g/mol. The lowest BCUT2D eigenvalue weighted by atomic mass is 9.91. The molecule has 0 aliphatic heterocycles. The zero-order chi connectivity index (χ0) is 15.5. The van der Waals surface area contributed by atoms with E-state index in [2.05, 4.69) is 0 Å². The molecule has 0 spiro atoms. The number of aliphatic carboxylic acids is 1. The van der Waals surface area contributed by atoms with Gasteiger partial charge in [-0.2, -0.15) is 13.2 Å².